The van der Waals surface area contributed by atoms with E-state index in [-0.39, 0.29) is 18.4 Å². The number of hydrogen-bond donors (Lipinski definition) is 2. The molecule has 0 bridgehead atoms. The Balaban J connectivity index is 1.52. The molecule has 6 nitrogen and oxygen atoms in total. The molecule has 0 aliphatic carbocycles. The van der Waals surface area contributed by atoms with E-state index in [0.717, 1.165) is 31.5 Å². The first-order valence-electron chi connectivity index (χ1n) is 7.26. The number of nitrogens with zero attached hydrogens (tertiary/aromatic N) is 1. The molecule has 2 aliphatic rings. The third-order valence-corrected chi connectivity index (χ3v) is 3.74. The zero-order valence-corrected chi connectivity index (χ0v) is 11.9. The molecule has 2 N–H and O–H groups in total. The molecule has 2 amide bonds. The molecule has 2 aliphatic heterocycles. The minimum absolute atomic E-state index is 0.0644. The van der Waals surface area contributed by atoms with Gasteiger partial charge in [-0.25, -0.2) is 0 Å². The van der Waals surface area contributed by atoms with Gasteiger partial charge in [0.15, 0.2) is 6.61 Å². The number of fused-ring (bicyclic) bond motifs is 1. The summed E-state index contributed by atoms with van der Waals surface area (Å²) in [6.45, 7) is 2.75. The largest absolute Gasteiger partial charge is 0.482 e. The van der Waals surface area contributed by atoms with Crippen molar-refractivity contribution in [2.45, 2.75) is 19.4 Å². The lowest BCUT2D eigenvalue weighted by molar-refractivity contribution is -0.129. The van der Waals surface area contributed by atoms with Gasteiger partial charge in [0.25, 0.3) is 5.91 Å². The zero-order valence-electron chi connectivity index (χ0n) is 11.9. The predicted octanol–water partition coefficient (Wildman–Crippen LogP) is 0.729. The lowest BCUT2D eigenvalue weighted by Gasteiger charge is -2.19. The normalized spacial score (nSPS) is 17.1. The number of anilines is 1. The van der Waals surface area contributed by atoms with Crippen LogP contribution in [0.2, 0.25) is 0 Å². The van der Waals surface area contributed by atoms with Crippen molar-refractivity contribution < 1.29 is 14.3 Å². The van der Waals surface area contributed by atoms with E-state index in [1.165, 1.54) is 0 Å². The molecule has 0 radical (unpaired) electrons. The molecule has 1 aromatic carbocycles. The molecule has 0 atom stereocenters. The molecule has 2 heterocycles. The van der Waals surface area contributed by atoms with Crippen LogP contribution in [0, 0.1) is 0 Å². The number of likely N-dealkylation sites (tertiary alicyclic amines) is 1. The average Bonchev–Trinajstić information content (AvgIpc) is 3.01. The average molecular weight is 289 g/mol. The van der Waals surface area contributed by atoms with Gasteiger partial charge in [-0.15, -0.1) is 0 Å². The van der Waals surface area contributed by atoms with Gasteiger partial charge in [0.1, 0.15) is 5.75 Å². The fourth-order valence-electron chi connectivity index (χ4n) is 2.63. The summed E-state index contributed by atoms with van der Waals surface area (Å²) in [7, 11) is 0. The number of rotatable bonds is 4. The predicted molar refractivity (Wildman–Crippen MR) is 78.1 cm³/mol. The Hall–Kier alpha value is -2.08. The molecule has 0 unspecified atom stereocenters. The smallest absolute Gasteiger partial charge is 0.262 e. The molecule has 6 heteroatoms. The number of ether oxygens (including phenoxy) is 1. The molecule has 21 heavy (non-hydrogen) atoms. The molecular formula is C15H19N3O3. The van der Waals surface area contributed by atoms with Gasteiger partial charge in [-0.2, -0.15) is 0 Å². The highest BCUT2D eigenvalue weighted by Gasteiger charge is 2.18. The lowest BCUT2D eigenvalue weighted by Crippen LogP contribution is -2.36. The van der Waals surface area contributed by atoms with Crippen LogP contribution in [0.3, 0.4) is 0 Å². The van der Waals surface area contributed by atoms with Crippen molar-refractivity contribution in [2.75, 3.05) is 31.6 Å². The Labute approximate surface area is 123 Å². The second kappa shape index (κ2) is 6.13. The lowest BCUT2D eigenvalue weighted by atomic mass is 10.1. The Morgan fingerprint density at radius 3 is 2.95 bits per heavy atom. The molecule has 1 saturated heterocycles. The van der Waals surface area contributed by atoms with Crippen LogP contribution in [0.4, 0.5) is 5.69 Å². The van der Waals surface area contributed by atoms with Gasteiger partial charge in [0.05, 0.1) is 12.2 Å². The summed E-state index contributed by atoms with van der Waals surface area (Å²) in [5, 5.41) is 5.93. The quantitative estimate of drug-likeness (QED) is 0.857. The van der Waals surface area contributed by atoms with Gasteiger partial charge in [-0.1, -0.05) is 6.07 Å². The Bertz CT molecular complexity index is 553. The van der Waals surface area contributed by atoms with E-state index < -0.39 is 0 Å². The van der Waals surface area contributed by atoms with Crippen molar-refractivity contribution in [3.05, 3.63) is 23.8 Å². The molecule has 1 aromatic rings. The Morgan fingerprint density at radius 1 is 1.33 bits per heavy atom. The summed E-state index contributed by atoms with van der Waals surface area (Å²) in [5.41, 5.74) is 1.70. The van der Waals surface area contributed by atoms with Crippen LogP contribution in [0.5, 0.6) is 5.75 Å². The van der Waals surface area contributed by atoms with E-state index in [4.69, 9.17) is 4.74 Å². The van der Waals surface area contributed by atoms with Crippen LogP contribution in [-0.2, 0) is 16.1 Å². The maximum absolute atomic E-state index is 11.9. The zero-order chi connectivity index (χ0) is 14.7. The molecule has 3 rings (SSSR count). The van der Waals surface area contributed by atoms with E-state index in [9.17, 15) is 9.59 Å². The third kappa shape index (κ3) is 3.33. The topological polar surface area (TPSA) is 70.7 Å². The highest BCUT2D eigenvalue weighted by molar-refractivity contribution is 5.95. The first-order chi connectivity index (χ1) is 10.2. The van der Waals surface area contributed by atoms with Gasteiger partial charge in [-0.3, -0.25) is 9.59 Å². The van der Waals surface area contributed by atoms with E-state index in [1.807, 2.05) is 23.1 Å². The minimum atomic E-state index is -0.142. The van der Waals surface area contributed by atoms with Gasteiger partial charge < -0.3 is 20.3 Å². The Kier molecular flexibility index (Phi) is 4.06. The summed E-state index contributed by atoms with van der Waals surface area (Å²) < 4.78 is 5.31. The van der Waals surface area contributed by atoms with Crippen LogP contribution in [0.1, 0.15) is 18.4 Å². The van der Waals surface area contributed by atoms with Gasteiger partial charge in [-0.05, 0) is 30.5 Å². The summed E-state index contributed by atoms with van der Waals surface area (Å²) in [4.78, 5) is 25.1. The van der Waals surface area contributed by atoms with E-state index in [1.54, 1.807) is 0 Å². The monoisotopic (exact) mass is 289 g/mol. The van der Waals surface area contributed by atoms with Gasteiger partial charge in [0, 0.05) is 19.6 Å². The molecule has 0 spiro atoms. The van der Waals surface area contributed by atoms with E-state index >= 15 is 0 Å². The highest BCUT2D eigenvalue weighted by atomic mass is 16.5. The number of benzene rings is 1. The van der Waals surface area contributed by atoms with Crippen molar-refractivity contribution in [1.82, 2.24) is 10.2 Å². The molecular weight excluding hydrogens is 270 g/mol. The maximum atomic E-state index is 11.9. The van der Waals surface area contributed by atoms with Crippen molar-refractivity contribution in [3.63, 3.8) is 0 Å². The molecule has 0 saturated carbocycles. The van der Waals surface area contributed by atoms with Crippen molar-refractivity contribution in [2.24, 2.45) is 0 Å². The maximum Gasteiger partial charge on any atom is 0.262 e. The van der Waals surface area contributed by atoms with Crippen molar-refractivity contribution >= 4 is 17.5 Å². The molecule has 0 aromatic heterocycles. The van der Waals surface area contributed by atoms with E-state index in [0.29, 0.717) is 24.5 Å². The summed E-state index contributed by atoms with van der Waals surface area (Å²) in [6.07, 6.45) is 2.21. The minimum Gasteiger partial charge on any atom is -0.482 e. The molecule has 1 fully saturated rings. The third-order valence-electron chi connectivity index (χ3n) is 3.74. The summed E-state index contributed by atoms with van der Waals surface area (Å²) in [5.74, 6) is 0.699. The Morgan fingerprint density at radius 2 is 2.14 bits per heavy atom. The van der Waals surface area contributed by atoms with Crippen LogP contribution >= 0.6 is 0 Å². The first kappa shape index (κ1) is 13.9. The fourth-order valence-corrected chi connectivity index (χ4v) is 2.63. The SMILES string of the molecule is O=C1COc2ccc(CNCC(=O)N3CCCC3)cc2N1. The van der Waals surface area contributed by atoms with Gasteiger partial charge in [0.2, 0.25) is 5.91 Å². The number of carbonyl (C=O) groups excluding carboxylic acids is 2. The van der Waals surface area contributed by atoms with Gasteiger partial charge >= 0.3 is 0 Å². The second-order valence-corrected chi connectivity index (χ2v) is 5.36. The summed E-state index contributed by atoms with van der Waals surface area (Å²) >= 11 is 0. The second-order valence-electron chi connectivity index (χ2n) is 5.36. The van der Waals surface area contributed by atoms with Crippen LogP contribution in [0.15, 0.2) is 18.2 Å². The van der Waals surface area contributed by atoms with Crippen molar-refractivity contribution in [3.8, 4) is 5.75 Å². The van der Waals surface area contributed by atoms with Crippen LogP contribution in [0.25, 0.3) is 0 Å². The highest BCUT2D eigenvalue weighted by Crippen LogP contribution is 2.28. The standard InChI is InChI=1S/C15H19N3O3/c19-14-10-21-13-4-3-11(7-12(13)17-14)8-16-9-15(20)18-5-1-2-6-18/h3-4,7,16H,1-2,5-6,8-10H2,(H,17,19). The van der Waals surface area contributed by atoms with Crippen LogP contribution in [-0.4, -0.2) is 43.0 Å². The van der Waals surface area contributed by atoms with E-state index in [2.05, 4.69) is 10.6 Å². The van der Waals surface area contributed by atoms with Crippen LogP contribution < -0.4 is 15.4 Å². The number of hydrogen-bond acceptors (Lipinski definition) is 4. The van der Waals surface area contributed by atoms with Crippen molar-refractivity contribution in [1.29, 1.82) is 0 Å². The first-order valence-corrected chi connectivity index (χ1v) is 7.26. The molecule has 112 valence electrons. The summed E-state index contributed by atoms with van der Waals surface area (Å²) in [6, 6.07) is 5.65. The number of carbonyl (C=O) groups is 2. The number of amides is 2. The fraction of sp³-hybridized carbons (Fsp3) is 0.467. The number of nitrogens with one attached hydrogen (secondary N) is 2.